The van der Waals surface area contributed by atoms with E-state index in [1.54, 1.807) is 26.0 Å². The first-order valence-corrected chi connectivity index (χ1v) is 8.27. The molecule has 0 radical (unpaired) electrons. The van der Waals surface area contributed by atoms with E-state index in [0.717, 1.165) is 5.56 Å². The van der Waals surface area contributed by atoms with Crippen LogP contribution in [0.3, 0.4) is 0 Å². The molecule has 1 aromatic rings. The van der Waals surface area contributed by atoms with E-state index in [4.69, 9.17) is 15.2 Å². The minimum absolute atomic E-state index is 0.0110. The van der Waals surface area contributed by atoms with Crippen molar-refractivity contribution in [2.75, 3.05) is 19.5 Å². The Bertz CT molecular complexity index is 538. The monoisotopic (exact) mass is 301 g/mol. The van der Waals surface area contributed by atoms with Crippen LogP contribution in [0, 0.1) is 0 Å². The van der Waals surface area contributed by atoms with Crippen molar-refractivity contribution in [2.45, 2.75) is 32.1 Å². The lowest BCUT2D eigenvalue weighted by atomic mass is 10.1. The molecule has 0 spiro atoms. The molecule has 0 amide bonds. The summed E-state index contributed by atoms with van der Waals surface area (Å²) in [4.78, 5) is 0. The van der Waals surface area contributed by atoms with Gasteiger partial charge in [-0.25, -0.2) is 8.42 Å². The summed E-state index contributed by atoms with van der Waals surface area (Å²) in [6, 6.07) is 5.30. The quantitative estimate of drug-likeness (QED) is 0.832. The zero-order valence-electron chi connectivity index (χ0n) is 12.4. The summed E-state index contributed by atoms with van der Waals surface area (Å²) in [6.45, 7) is 5.31. The minimum atomic E-state index is -3.10. The Balaban J connectivity index is 2.74. The molecule has 0 fully saturated rings. The Hall–Kier alpha value is -1.27. The second kappa shape index (κ2) is 6.95. The van der Waals surface area contributed by atoms with Gasteiger partial charge >= 0.3 is 0 Å². The average molecular weight is 301 g/mol. The number of hydrogen-bond acceptors (Lipinski definition) is 5. The molecular weight excluding hydrogens is 278 g/mol. The number of nitrogens with two attached hydrogens (primary N) is 1. The molecule has 1 rings (SSSR count). The van der Waals surface area contributed by atoms with Gasteiger partial charge in [-0.15, -0.1) is 0 Å². The number of benzene rings is 1. The van der Waals surface area contributed by atoms with Crippen molar-refractivity contribution in [1.29, 1.82) is 0 Å². The molecule has 1 atom stereocenters. The van der Waals surface area contributed by atoms with Gasteiger partial charge in [0.05, 0.1) is 18.1 Å². The zero-order valence-corrected chi connectivity index (χ0v) is 13.2. The topological polar surface area (TPSA) is 78.6 Å². The van der Waals surface area contributed by atoms with Gasteiger partial charge in [-0.3, -0.25) is 0 Å². The second-order valence-electron chi connectivity index (χ2n) is 4.96. The van der Waals surface area contributed by atoms with Crippen LogP contribution in [-0.4, -0.2) is 33.1 Å². The Morgan fingerprint density at radius 2 is 1.85 bits per heavy atom. The van der Waals surface area contributed by atoms with Gasteiger partial charge in [0.2, 0.25) is 0 Å². The standard InChI is InChI=1S/C14H23NO4S/c1-10(2)20(16,17)8-7-19-13-6-5-12(11(3)15)9-14(13)18-4/h5-6,9-11H,7-8,15H2,1-4H3/t11-/m0/s1. The normalized spacial score (nSPS) is 13.3. The number of ether oxygens (including phenoxy) is 2. The molecule has 114 valence electrons. The number of sulfone groups is 1. The minimum Gasteiger partial charge on any atom is -0.493 e. The Morgan fingerprint density at radius 3 is 2.35 bits per heavy atom. The maximum absolute atomic E-state index is 11.7. The molecule has 0 heterocycles. The molecule has 0 saturated heterocycles. The molecule has 0 aliphatic carbocycles. The van der Waals surface area contributed by atoms with Gasteiger partial charge < -0.3 is 15.2 Å². The van der Waals surface area contributed by atoms with Crippen LogP contribution in [0.5, 0.6) is 11.5 Å². The highest BCUT2D eigenvalue weighted by Gasteiger charge is 2.16. The van der Waals surface area contributed by atoms with Crippen LogP contribution in [-0.2, 0) is 9.84 Å². The highest BCUT2D eigenvalue weighted by molar-refractivity contribution is 7.91. The van der Waals surface area contributed by atoms with E-state index in [-0.39, 0.29) is 18.4 Å². The third-order valence-corrected chi connectivity index (χ3v) is 5.23. The first-order valence-electron chi connectivity index (χ1n) is 6.55. The van der Waals surface area contributed by atoms with E-state index in [0.29, 0.717) is 11.5 Å². The van der Waals surface area contributed by atoms with E-state index in [1.807, 2.05) is 13.0 Å². The van der Waals surface area contributed by atoms with Crippen molar-refractivity contribution < 1.29 is 17.9 Å². The number of methoxy groups -OCH3 is 1. The van der Waals surface area contributed by atoms with Gasteiger partial charge in [0, 0.05) is 6.04 Å². The van der Waals surface area contributed by atoms with Crippen LogP contribution in [0.4, 0.5) is 0 Å². The molecule has 0 aromatic heterocycles. The van der Waals surface area contributed by atoms with Crippen molar-refractivity contribution in [3.63, 3.8) is 0 Å². The second-order valence-corrected chi connectivity index (χ2v) is 7.64. The largest absolute Gasteiger partial charge is 0.493 e. The van der Waals surface area contributed by atoms with Crippen LogP contribution < -0.4 is 15.2 Å². The lowest BCUT2D eigenvalue weighted by Gasteiger charge is -2.14. The summed E-state index contributed by atoms with van der Waals surface area (Å²) in [5, 5.41) is -0.395. The van der Waals surface area contributed by atoms with Crippen LogP contribution in [0.1, 0.15) is 32.4 Å². The van der Waals surface area contributed by atoms with Crippen LogP contribution in [0.25, 0.3) is 0 Å². The maximum Gasteiger partial charge on any atom is 0.161 e. The molecule has 0 saturated carbocycles. The molecule has 2 N–H and O–H groups in total. The van der Waals surface area contributed by atoms with E-state index in [9.17, 15) is 8.42 Å². The van der Waals surface area contributed by atoms with Crippen LogP contribution in [0.15, 0.2) is 18.2 Å². The SMILES string of the molecule is COc1cc([C@H](C)N)ccc1OCCS(=O)(=O)C(C)C. The van der Waals surface area contributed by atoms with E-state index >= 15 is 0 Å². The maximum atomic E-state index is 11.7. The summed E-state index contributed by atoms with van der Waals surface area (Å²) in [6.07, 6.45) is 0. The first kappa shape index (κ1) is 16.8. The molecule has 20 heavy (non-hydrogen) atoms. The average Bonchev–Trinajstić information content (AvgIpc) is 2.38. The van der Waals surface area contributed by atoms with Gasteiger partial charge in [-0.2, -0.15) is 0 Å². The lowest BCUT2D eigenvalue weighted by molar-refractivity contribution is 0.311. The van der Waals surface area contributed by atoms with Crippen molar-refractivity contribution in [2.24, 2.45) is 5.73 Å². The predicted octanol–water partition coefficient (Wildman–Crippen LogP) is 1.92. The Morgan fingerprint density at radius 1 is 1.20 bits per heavy atom. The Kier molecular flexibility index (Phi) is 5.83. The summed E-state index contributed by atoms with van der Waals surface area (Å²) < 4.78 is 34.1. The van der Waals surface area contributed by atoms with Crippen molar-refractivity contribution in [3.8, 4) is 11.5 Å². The molecular formula is C14H23NO4S. The zero-order chi connectivity index (χ0) is 15.3. The summed E-state index contributed by atoms with van der Waals surface area (Å²) >= 11 is 0. The van der Waals surface area contributed by atoms with Crippen molar-refractivity contribution >= 4 is 9.84 Å². The summed E-state index contributed by atoms with van der Waals surface area (Å²) in [5.74, 6) is 1.07. The smallest absolute Gasteiger partial charge is 0.161 e. The van der Waals surface area contributed by atoms with Gasteiger partial charge in [0.25, 0.3) is 0 Å². The van der Waals surface area contributed by atoms with Gasteiger partial charge in [0.15, 0.2) is 21.3 Å². The molecule has 0 unspecified atom stereocenters. The molecule has 6 heteroatoms. The molecule has 0 aliphatic heterocycles. The molecule has 5 nitrogen and oxygen atoms in total. The van der Waals surface area contributed by atoms with Gasteiger partial charge in [-0.05, 0) is 38.5 Å². The first-order chi connectivity index (χ1) is 9.27. The van der Waals surface area contributed by atoms with Crippen LogP contribution in [0.2, 0.25) is 0 Å². The van der Waals surface area contributed by atoms with Gasteiger partial charge in [0.1, 0.15) is 6.61 Å². The van der Waals surface area contributed by atoms with Gasteiger partial charge in [-0.1, -0.05) is 6.07 Å². The highest BCUT2D eigenvalue weighted by Crippen LogP contribution is 2.29. The number of hydrogen-bond donors (Lipinski definition) is 1. The fourth-order valence-electron chi connectivity index (χ4n) is 1.59. The van der Waals surface area contributed by atoms with E-state index in [2.05, 4.69) is 0 Å². The fourth-order valence-corrected chi connectivity index (χ4v) is 2.38. The lowest BCUT2D eigenvalue weighted by Crippen LogP contribution is -2.22. The molecule has 0 bridgehead atoms. The molecule has 1 aromatic carbocycles. The Labute approximate surface area is 121 Å². The number of rotatable bonds is 7. The summed E-state index contributed by atoms with van der Waals surface area (Å²) in [7, 11) is -1.56. The third kappa shape index (κ3) is 4.38. The summed E-state index contributed by atoms with van der Waals surface area (Å²) in [5.41, 5.74) is 6.74. The molecule has 0 aliphatic rings. The van der Waals surface area contributed by atoms with E-state index in [1.165, 1.54) is 7.11 Å². The van der Waals surface area contributed by atoms with Crippen molar-refractivity contribution in [1.82, 2.24) is 0 Å². The van der Waals surface area contributed by atoms with E-state index < -0.39 is 15.1 Å². The fraction of sp³-hybridized carbons (Fsp3) is 0.571. The third-order valence-electron chi connectivity index (χ3n) is 3.06. The highest BCUT2D eigenvalue weighted by atomic mass is 32.2. The van der Waals surface area contributed by atoms with Crippen LogP contribution >= 0.6 is 0 Å². The predicted molar refractivity (Wildman–Crippen MR) is 80.0 cm³/mol. The van der Waals surface area contributed by atoms with Crippen molar-refractivity contribution in [3.05, 3.63) is 23.8 Å².